The Balaban J connectivity index is 2.18. The molecule has 1 heterocycles. The highest BCUT2D eigenvalue weighted by molar-refractivity contribution is 7.89. The molecule has 0 spiro atoms. The number of nitrogens with two attached hydrogens (primary N) is 1. The van der Waals surface area contributed by atoms with Crippen molar-refractivity contribution in [1.29, 1.82) is 0 Å². The average molecular weight is 305 g/mol. The molecular formula is C15H19N3O2S. The molecule has 0 amide bonds. The summed E-state index contributed by atoms with van der Waals surface area (Å²) in [5, 5.41) is 5.17. The number of pyridine rings is 1. The maximum atomic E-state index is 11.4. The van der Waals surface area contributed by atoms with E-state index in [1.165, 1.54) is 6.07 Å². The molecule has 0 saturated heterocycles. The molecule has 1 aromatic heterocycles. The summed E-state index contributed by atoms with van der Waals surface area (Å²) in [5.41, 5.74) is 1.87. The predicted molar refractivity (Wildman–Crippen MR) is 81.9 cm³/mol. The second-order valence-electron chi connectivity index (χ2n) is 5.03. The molecular weight excluding hydrogens is 286 g/mol. The molecule has 0 aliphatic rings. The predicted octanol–water partition coefficient (Wildman–Crippen LogP) is 1.92. The van der Waals surface area contributed by atoms with Crippen molar-refractivity contribution in [2.45, 2.75) is 24.4 Å². The fraction of sp³-hybridized carbons (Fsp3) is 0.267. The third-order valence-corrected chi connectivity index (χ3v) is 4.38. The fourth-order valence-electron chi connectivity index (χ4n) is 2.09. The van der Waals surface area contributed by atoms with Gasteiger partial charge in [-0.2, -0.15) is 0 Å². The Hall–Kier alpha value is -1.76. The number of benzene rings is 1. The number of hydrogen-bond acceptors (Lipinski definition) is 4. The van der Waals surface area contributed by atoms with Gasteiger partial charge in [0.15, 0.2) is 0 Å². The lowest BCUT2D eigenvalue weighted by atomic mass is 10.1. The molecule has 2 N–H and O–H groups in total. The minimum atomic E-state index is -3.67. The van der Waals surface area contributed by atoms with Crippen LogP contribution in [0.1, 0.15) is 24.2 Å². The van der Waals surface area contributed by atoms with Gasteiger partial charge in [-0.05, 0) is 43.8 Å². The summed E-state index contributed by atoms with van der Waals surface area (Å²) in [6.07, 6.45) is 1.76. The molecule has 2 aromatic rings. The summed E-state index contributed by atoms with van der Waals surface area (Å²) in [7, 11) is -1.70. The molecule has 2 rings (SSSR count). The SMILES string of the molecule is C[C@@H](c1cccc(S(N)(=O)=O)c1)N(C)Cc1ccccn1. The normalized spacial score (nSPS) is 13.3. The van der Waals surface area contributed by atoms with E-state index in [1.807, 2.05) is 38.2 Å². The number of nitrogens with zero attached hydrogens (tertiary/aromatic N) is 2. The molecule has 0 aliphatic heterocycles. The summed E-state index contributed by atoms with van der Waals surface area (Å²) in [6.45, 7) is 2.70. The standard InChI is InChI=1S/C15H19N3O2S/c1-12(18(2)11-14-7-3-4-9-17-14)13-6-5-8-15(10-13)21(16,19)20/h3-10,12H,11H2,1-2H3,(H2,16,19,20)/t12-/m0/s1. The van der Waals surface area contributed by atoms with Crippen LogP contribution in [0, 0.1) is 0 Å². The zero-order valence-electron chi connectivity index (χ0n) is 12.1. The van der Waals surface area contributed by atoms with Gasteiger partial charge in [-0.15, -0.1) is 0 Å². The summed E-state index contributed by atoms with van der Waals surface area (Å²) in [5.74, 6) is 0. The van der Waals surface area contributed by atoms with Gasteiger partial charge in [-0.1, -0.05) is 18.2 Å². The summed E-state index contributed by atoms with van der Waals surface area (Å²) >= 11 is 0. The van der Waals surface area contributed by atoms with Gasteiger partial charge in [-0.3, -0.25) is 9.88 Å². The van der Waals surface area contributed by atoms with Crippen LogP contribution in [-0.2, 0) is 16.6 Å². The van der Waals surface area contributed by atoms with Gasteiger partial charge in [0.1, 0.15) is 0 Å². The molecule has 0 aliphatic carbocycles. The maximum absolute atomic E-state index is 11.4. The van der Waals surface area contributed by atoms with Gasteiger partial charge in [-0.25, -0.2) is 13.6 Å². The number of hydrogen-bond donors (Lipinski definition) is 1. The first-order valence-electron chi connectivity index (χ1n) is 6.61. The molecule has 0 radical (unpaired) electrons. The van der Waals surface area contributed by atoms with Crippen LogP contribution in [0.5, 0.6) is 0 Å². The molecule has 1 atom stereocenters. The van der Waals surface area contributed by atoms with Crippen molar-refractivity contribution in [3.63, 3.8) is 0 Å². The first kappa shape index (κ1) is 15.6. The first-order chi connectivity index (χ1) is 9.88. The van der Waals surface area contributed by atoms with E-state index in [0.29, 0.717) is 6.54 Å². The van der Waals surface area contributed by atoms with E-state index in [2.05, 4.69) is 9.88 Å². The minimum Gasteiger partial charge on any atom is -0.294 e. The summed E-state index contributed by atoms with van der Waals surface area (Å²) in [6, 6.07) is 12.6. The molecule has 0 fully saturated rings. The highest BCUT2D eigenvalue weighted by atomic mass is 32.2. The molecule has 112 valence electrons. The molecule has 0 bridgehead atoms. The van der Waals surface area contributed by atoms with Crippen molar-refractivity contribution >= 4 is 10.0 Å². The van der Waals surface area contributed by atoms with Crippen LogP contribution < -0.4 is 5.14 Å². The minimum absolute atomic E-state index is 0.0497. The highest BCUT2D eigenvalue weighted by Gasteiger charge is 2.15. The smallest absolute Gasteiger partial charge is 0.238 e. The van der Waals surface area contributed by atoms with E-state index in [4.69, 9.17) is 5.14 Å². The van der Waals surface area contributed by atoms with Crippen molar-refractivity contribution in [1.82, 2.24) is 9.88 Å². The van der Waals surface area contributed by atoms with E-state index >= 15 is 0 Å². The van der Waals surface area contributed by atoms with Crippen molar-refractivity contribution in [3.8, 4) is 0 Å². The van der Waals surface area contributed by atoms with Gasteiger partial charge in [0.25, 0.3) is 0 Å². The maximum Gasteiger partial charge on any atom is 0.238 e. The second-order valence-corrected chi connectivity index (χ2v) is 6.59. The summed E-state index contributed by atoms with van der Waals surface area (Å²) in [4.78, 5) is 6.53. The van der Waals surface area contributed by atoms with E-state index < -0.39 is 10.0 Å². The van der Waals surface area contributed by atoms with Crippen LogP contribution in [0.3, 0.4) is 0 Å². The average Bonchev–Trinajstić information content (AvgIpc) is 2.46. The van der Waals surface area contributed by atoms with Crippen molar-refractivity contribution in [2.75, 3.05) is 7.05 Å². The molecule has 0 unspecified atom stereocenters. The van der Waals surface area contributed by atoms with E-state index in [0.717, 1.165) is 11.3 Å². The first-order valence-corrected chi connectivity index (χ1v) is 8.15. The Morgan fingerprint density at radius 3 is 2.62 bits per heavy atom. The molecule has 1 aromatic carbocycles. The Labute approximate surface area is 125 Å². The van der Waals surface area contributed by atoms with E-state index in [9.17, 15) is 8.42 Å². The van der Waals surface area contributed by atoms with Gasteiger partial charge >= 0.3 is 0 Å². The van der Waals surface area contributed by atoms with Crippen LogP contribution in [0.4, 0.5) is 0 Å². The third kappa shape index (κ3) is 4.10. The van der Waals surface area contributed by atoms with Gasteiger partial charge < -0.3 is 0 Å². The Kier molecular flexibility index (Phi) is 4.72. The van der Waals surface area contributed by atoms with Gasteiger partial charge in [0, 0.05) is 18.8 Å². The topological polar surface area (TPSA) is 76.3 Å². The fourth-order valence-corrected chi connectivity index (χ4v) is 2.66. The van der Waals surface area contributed by atoms with Crippen molar-refractivity contribution in [2.24, 2.45) is 5.14 Å². The van der Waals surface area contributed by atoms with Crippen LogP contribution >= 0.6 is 0 Å². The molecule has 0 saturated carbocycles. The number of primary sulfonamides is 1. The summed E-state index contributed by atoms with van der Waals surface area (Å²) < 4.78 is 22.8. The third-order valence-electron chi connectivity index (χ3n) is 3.47. The van der Waals surface area contributed by atoms with Crippen LogP contribution in [0.2, 0.25) is 0 Å². The highest BCUT2D eigenvalue weighted by Crippen LogP contribution is 2.22. The molecule has 21 heavy (non-hydrogen) atoms. The van der Waals surface area contributed by atoms with Gasteiger partial charge in [0.05, 0.1) is 10.6 Å². The lowest BCUT2D eigenvalue weighted by Crippen LogP contribution is -2.23. The van der Waals surface area contributed by atoms with Crippen molar-refractivity contribution < 1.29 is 8.42 Å². The van der Waals surface area contributed by atoms with Gasteiger partial charge in [0.2, 0.25) is 10.0 Å². The Morgan fingerprint density at radius 1 is 1.24 bits per heavy atom. The monoisotopic (exact) mass is 305 g/mol. The van der Waals surface area contributed by atoms with E-state index in [-0.39, 0.29) is 10.9 Å². The number of sulfonamides is 1. The zero-order valence-corrected chi connectivity index (χ0v) is 12.9. The number of aromatic nitrogens is 1. The largest absolute Gasteiger partial charge is 0.294 e. The Bertz CT molecular complexity index is 702. The number of rotatable bonds is 5. The quantitative estimate of drug-likeness (QED) is 0.915. The lowest BCUT2D eigenvalue weighted by Gasteiger charge is -2.25. The van der Waals surface area contributed by atoms with Crippen LogP contribution in [0.15, 0.2) is 53.6 Å². The van der Waals surface area contributed by atoms with Crippen LogP contribution in [-0.4, -0.2) is 25.3 Å². The van der Waals surface area contributed by atoms with E-state index in [1.54, 1.807) is 18.3 Å². The second kappa shape index (κ2) is 6.34. The molecule has 6 heteroatoms. The van der Waals surface area contributed by atoms with Crippen LogP contribution in [0.25, 0.3) is 0 Å². The molecule has 5 nitrogen and oxygen atoms in total. The van der Waals surface area contributed by atoms with Crippen molar-refractivity contribution in [3.05, 3.63) is 59.9 Å². The zero-order chi connectivity index (χ0) is 15.5. The lowest BCUT2D eigenvalue weighted by molar-refractivity contribution is 0.250. The Morgan fingerprint density at radius 2 is 2.00 bits per heavy atom.